The van der Waals surface area contributed by atoms with E-state index in [4.69, 9.17) is 4.74 Å². The lowest BCUT2D eigenvalue weighted by Crippen LogP contribution is -2.35. The zero-order valence-corrected chi connectivity index (χ0v) is 20.4. The summed E-state index contributed by atoms with van der Waals surface area (Å²) in [5.41, 5.74) is 4.25. The summed E-state index contributed by atoms with van der Waals surface area (Å²) in [6.45, 7) is 7.27. The first kappa shape index (κ1) is 24.4. The number of thioether (sulfide) groups is 1. The van der Waals surface area contributed by atoms with Crippen LogP contribution in [0.4, 0.5) is 5.69 Å². The van der Waals surface area contributed by atoms with Gasteiger partial charge in [-0.2, -0.15) is 22.1 Å². The van der Waals surface area contributed by atoms with E-state index in [2.05, 4.69) is 31.1 Å². The number of aromatic nitrogens is 2. The van der Waals surface area contributed by atoms with E-state index in [1.165, 1.54) is 0 Å². The van der Waals surface area contributed by atoms with Gasteiger partial charge in [0.25, 0.3) is 5.91 Å². The van der Waals surface area contributed by atoms with Crippen molar-refractivity contribution in [3.8, 4) is 11.8 Å². The zero-order chi connectivity index (χ0) is 23.8. The highest BCUT2D eigenvalue weighted by atomic mass is 32.2. The van der Waals surface area contributed by atoms with E-state index < -0.39 is 0 Å². The molecule has 1 aromatic heterocycles. The number of hydrogen-bond acceptors (Lipinski definition) is 5. The summed E-state index contributed by atoms with van der Waals surface area (Å²) in [6.07, 6.45) is 3.77. The predicted molar refractivity (Wildman–Crippen MR) is 133 cm³/mol. The molecule has 1 heterocycles. The second kappa shape index (κ2) is 11.6. The highest BCUT2D eigenvalue weighted by Crippen LogP contribution is 2.25. The highest BCUT2D eigenvalue weighted by molar-refractivity contribution is 7.97. The minimum Gasteiger partial charge on any atom is -0.484 e. The first-order chi connectivity index (χ1) is 15.9. The molecule has 2 aromatic carbocycles. The molecule has 7 heteroatoms. The predicted octanol–water partition coefficient (Wildman–Crippen LogP) is 5.19. The van der Waals surface area contributed by atoms with Gasteiger partial charge in [0.05, 0.1) is 35.8 Å². The van der Waals surface area contributed by atoms with E-state index in [0.29, 0.717) is 23.8 Å². The van der Waals surface area contributed by atoms with Crippen LogP contribution in [-0.4, -0.2) is 28.6 Å². The summed E-state index contributed by atoms with van der Waals surface area (Å²) < 4.78 is 7.69. The molecule has 3 aromatic rings. The number of carbonyl (C=O) groups excluding carboxylic acids is 1. The Bertz CT molecular complexity index is 1120. The standard InChI is InChI=1S/C26H30N4O2S/c1-19(2)15-30-20(3)25(14-28-30)29(26(31)17-32-24-8-6-5-7-9-24)16-22-10-21(13-27)11-23(12-22)18-33-4/h5-12,14,19H,15-18H2,1-4H3. The Hall–Kier alpha value is -3.24. The van der Waals surface area contributed by atoms with E-state index >= 15 is 0 Å². The van der Waals surface area contributed by atoms with Gasteiger partial charge in [0.2, 0.25) is 0 Å². The van der Waals surface area contributed by atoms with Gasteiger partial charge < -0.3 is 9.64 Å². The van der Waals surface area contributed by atoms with Crippen LogP contribution in [0.15, 0.2) is 54.7 Å². The summed E-state index contributed by atoms with van der Waals surface area (Å²) >= 11 is 1.70. The fraction of sp³-hybridized carbons (Fsp3) is 0.346. The number of anilines is 1. The summed E-state index contributed by atoms with van der Waals surface area (Å²) in [6, 6.07) is 17.3. The Morgan fingerprint density at radius 2 is 1.94 bits per heavy atom. The maximum absolute atomic E-state index is 13.4. The third-order valence-electron chi connectivity index (χ3n) is 5.15. The first-order valence-electron chi connectivity index (χ1n) is 10.9. The Morgan fingerprint density at radius 1 is 1.21 bits per heavy atom. The number of para-hydroxylation sites is 1. The SMILES string of the molecule is CSCc1cc(C#N)cc(CN(C(=O)COc2ccccc2)c2cnn(CC(C)C)c2C)c1. The second-order valence-corrected chi connectivity index (χ2v) is 9.22. The molecule has 33 heavy (non-hydrogen) atoms. The van der Waals surface area contributed by atoms with Crippen LogP contribution in [0.2, 0.25) is 0 Å². The molecule has 0 aliphatic carbocycles. The molecule has 0 aliphatic rings. The molecule has 0 bridgehead atoms. The highest BCUT2D eigenvalue weighted by Gasteiger charge is 2.22. The van der Waals surface area contributed by atoms with E-state index in [9.17, 15) is 10.1 Å². The van der Waals surface area contributed by atoms with Crippen molar-refractivity contribution < 1.29 is 9.53 Å². The van der Waals surface area contributed by atoms with Gasteiger partial charge in [-0.05, 0) is 54.5 Å². The van der Waals surface area contributed by atoms with Crippen LogP contribution in [0, 0.1) is 24.2 Å². The third kappa shape index (κ3) is 6.62. The normalized spacial score (nSPS) is 10.8. The molecule has 0 spiro atoms. The number of rotatable bonds is 10. The van der Waals surface area contributed by atoms with Gasteiger partial charge in [0, 0.05) is 12.3 Å². The van der Waals surface area contributed by atoms with Crippen molar-refractivity contribution in [2.75, 3.05) is 17.8 Å². The van der Waals surface area contributed by atoms with E-state index in [0.717, 1.165) is 34.8 Å². The topological polar surface area (TPSA) is 71.2 Å². The minimum absolute atomic E-state index is 0.0889. The molecule has 0 fully saturated rings. The van der Waals surface area contributed by atoms with E-state index in [1.54, 1.807) is 22.9 Å². The number of carbonyl (C=O) groups is 1. The molecule has 0 atom stereocenters. The van der Waals surface area contributed by atoms with Crippen molar-refractivity contribution in [1.82, 2.24) is 9.78 Å². The average Bonchev–Trinajstić information content (AvgIpc) is 3.15. The number of ether oxygens (including phenoxy) is 1. The zero-order valence-electron chi connectivity index (χ0n) is 19.6. The molecule has 0 saturated carbocycles. The fourth-order valence-corrected chi connectivity index (χ4v) is 4.13. The Kier molecular flexibility index (Phi) is 8.56. The monoisotopic (exact) mass is 462 g/mol. The minimum atomic E-state index is -0.167. The maximum Gasteiger partial charge on any atom is 0.265 e. The van der Waals surface area contributed by atoms with Crippen molar-refractivity contribution in [3.05, 3.63) is 77.1 Å². The molecule has 3 rings (SSSR count). The van der Waals surface area contributed by atoms with Crippen LogP contribution < -0.4 is 9.64 Å². The van der Waals surface area contributed by atoms with Crippen LogP contribution in [0.25, 0.3) is 0 Å². The summed E-state index contributed by atoms with van der Waals surface area (Å²) in [7, 11) is 0. The van der Waals surface area contributed by atoms with Crippen LogP contribution in [0.3, 0.4) is 0 Å². The number of benzene rings is 2. The van der Waals surface area contributed by atoms with Crippen molar-refractivity contribution in [1.29, 1.82) is 5.26 Å². The Labute approximate surface area is 200 Å². The van der Waals surface area contributed by atoms with Gasteiger partial charge >= 0.3 is 0 Å². The summed E-state index contributed by atoms with van der Waals surface area (Å²) in [5.74, 6) is 1.72. The van der Waals surface area contributed by atoms with Crippen molar-refractivity contribution in [3.63, 3.8) is 0 Å². The van der Waals surface area contributed by atoms with Crippen LogP contribution in [0.1, 0.15) is 36.2 Å². The van der Waals surface area contributed by atoms with Crippen molar-refractivity contribution in [2.24, 2.45) is 5.92 Å². The number of hydrogen-bond donors (Lipinski definition) is 0. The third-order valence-corrected chi connectivity index (χ3v) is 5.77. The van der Waals surface area contributed by atoms with Crippen molar-refractivity contribution >= 4 is 23.4 Å². The van der Waals surface area contributed by atoms with Crippen LogP contribution in [0.5, 0.6) is 5.75 Å². The van der Waals surface area contributed by atoms with Gasteiger partial charge in [-0.25, -0.2) is 0 Å². The molecule has 0 N–H and O–H groups in total. The largest absolute Gasteiger partial charge is 0.484 e. The van der Waals surface area contributed by atoms with Gasteiger partial charge in [0.1, 0.15) is 5.75 Å². The lowest BCUT2D eigenvalue weighted by atomic mass is 10.1. The van der Waals surface area contributed by atoms with Gasteiger partial charge in [-0.1, -0.05) is 38.1 Å². The van der Waals surface area contributed by atoms with E-state index in [-0.39, 0.29) is 12.5 Å². The summed E-state index contributed by atoms with van der Waals surface area (Å²) in [4.78, 5) is 15.1. The molecule has 1 amide bonds. The van der Waals surface area contributed by atoms with Gasteiger partial charge in [-0.15, -0.1) is 0 Å². The Balaban J connectivity index is 1.92. The average molecular weight is 463 g/mol. The number of nitriles is 1. The smallest absolute Gasteiger partial charge is 0.265 e. The molecule has 6 nitrogen and oxygen atoms in total. The second-order valence-electron chi connectivity index (χ2n) is 8.36. The van der Waals surface area contributed by atoms with Crippen LogP contribution >= 0.6 is 11.8 Å². The molecule has 0 saturated heterocycles. The quantitative estimate of drug-likeness (QED) is 0.414. The lowest BCUT2D eigenvalue weighted by Gasteiger charge is -2.23. The molecule has 0 aliphatic heterocycles. The molecule has 0 radical (unpaired) electrons. The van der Waals surface area contributed by atoms with Crippen LogP contribution in [-0.2, 0) is 23.6 Å². The molecule has 0 unspecified atom stereocenters. The number of amides is 1. The maximum atomic E-state index is 13.4. The Morgan fingerprint density at radius 3 is 2.61 bits per heavy atom. The molecule has 172 valence electrons. The molecular formula is C26H30N4O2S. The molecular weight excluding hydrogens is 432 g/mol. The lowest BCUT2D eigenvalue weighted by molar-refractivity contribution is -0.120. The first-order valence-corrected chi connectivity index (χ1v) is 12.3. The fourth-order valence-electron chi connectivity index (χ4n) is 3.63. The van der Waals surface area contributed by atoms with Crippen molar-refractivity contribution in [2.45, 2.75) is 39.6 Å². The van der Waals surface area contributed by atoms with E-state index in [1.807, 2.05) is 60.3 Å². The van der Waals surface area contributed by atoms with Gasteiger partial charge in [-0.3, -0.25) is 9.48 Å². The summed E-state index contributed by atoms with van der Waals surface area (Å²) in [5, 5.41) is 14.0. The van der Waals surface area contributed by atoms with Gasteiger partial charge in [0.15, 0.2) is 6.61 Å². The number of nitrogens with zero attached hydrogens (tertiary/aromatic N) is 4.